The number of aryl methyl sites for hydroxylation is 1. The number of allylic oxidation sites excluding steroid dienone is 1. The van der Waals surface area contributed by atoms with Crippen molar-refractivity contribution in [3.63, 3.8) is 0 Å². The summed E-state index contributed by atoms with van der Waals surface area (Å²) < 4.78 is 0. The van der Waals surface area contributed by atoms with Gasteiger partial charge in [0.2, 0.25) is 0 Å². The number of aliphatic carboxylic acids is 1. The van der Waals surface area contributed by atoms with Gasteiger partial charge in [0.15, 0.2) is 0 Å². The Balaban J connectivity index is 2.72. The monoisotopic (exact) mass is 232 g/mol. The molecular weight excluding hydrogens is 212 g/mol. The molecule has 0 heterocycles. The van der Waals surface area contributed by atoms with Gasteiger partial charge in [-0.25, -0.2) is 0 Å². The number of carboxylic acids is 1. The van der Waals surface area contributed by atoms with E-state index in [-0.39, 0.29) is 11.8 Å². The molecule has 0 saturated heterocycles. The van der Waals surface area contributed by atoms with Crippen LogP contribution < -0.4 is 0 Å². The summed E-state index contributed by atoms with van der Waals surface area (Å²) in [4.78, 5) is 10.5. The minimum absolute atomic E-state index is 0.164. The Bertz CT molecular complexity index is 411. The predicted octanol–water partition coefficient (Wildman–Crippen LogP) is 3.76. The molecule has 0 aliphatic rings. The summed E-state index contributed by atoms with van der Waals surface area (Å²) in [5.74, 6) is -0.749. The van der Waals surface area contributed by atoms with Gasteiger partial charge in [-0.1, -0.05) is 57.2 Å². The van der Waals surface area contributed by atoms with Crippen molar-refractivity contribution in [2.45, 2.75) is 33.6 Å². The van der Waals surface area contributed by atoms with Gasteiger partial charge in [-0.3, -0.25) is 4.79 Å². The van der Waals surface area contributed by atoms with Gasteiger partial charge in [-0.2, -0.15) is 0 Å². The molecule has 0 radical (unpaired) electrons. The molecule has 0 atom stereocenters. The molecule has 0 spiro atoms. The van der Waals surface area contributed by atoms with Crippen molar-refractivity contribution < 1.29 is 9.90 Å². The van der Waals surface area contributed by atoms with E-state index in [9.17, 15) is 4.79 Å². The van der Waals surface area contributed by atoms with Crippen LogP contribution in [0.4, 0.5) is 0 Å². The van der Waals surface area contributed by atoms with Crippen LogP contribution in [0, 0.1) is 5.41 Å². The second-order valence-corrected chi connectivity index (χ2v) is 5.34. The lowest BCUT2D eigenvalue weighted by Gasteiger charge is -2.11. The van der Waals surface area contributed by atoms with Crippen molar-refractivity contribution in [2.24, 2.45) is 5.41 Å². The number of hydrogen-bond donors (Lipinski definition) is 1. The summed E-state index contributed by atoms with van der Waals surface area (Å²) in [5, 5.41) is 8.64. The Kier molecular flexibility index (Phi) is 4.50. The molecule has 0 unspecified atom stereocenters. The maximum atomic E-state index is 10.5. The number of carboxylic acid groups (broad SMARTS) is 1. The van der Waals surface area contributed by atoms with Crippen LogP contribution in [-0.4, -0.2) is 11.1 Å². The molecular formula is C15H20O2. The third-order valence-corrected chi connectivity index (χ3v) is 2.35. The van der Waals surface area contributed by atoms with Crippen LogP contribution in [0.25, 0.3) is 6.08 Å². The normalized spacial score (nSPS) is 11.9. The molecule has 0 aliphatic heterocycles. The number of hydrogen-bond acceptors (Lipinski definition) is 1. The van der Waals surface area contributed by atoms with E-state index in [0.717, 1.165) is 11.1 Å². The van der Waals surface area contributed by atoms with E-state index < -0.39 is 5.97 Å². The maximum Gasteiger partial charge on any atom is 0.303 e. The summed E-state index contributed by atoms with van der Waals surface area (Å²) in [7, 11) is 0. The summed E-state index contributed by atoms with van der Waals surface area (Å²) >= 11 is 0. The predicted molar refractivity (Wildman–Crippen MR) is 70.9 cm³/mol. The Labute approximate surface area is 103 Å². The lowest BCUT2D eigenvalue weighted by atomic mass is 9.95. The van der Waals surface area contributed by atoms with E-state index in [1.165, 1.54) is 0 Å². The summed E-state index contributed by atoms with van der Waals surface area (Å²) in [6, 6.07) is 8.02. The highest BCUT2D eigenvalue weighted by atomic mass is 16.4. The first-order valence-electron chi connectivity index (χ1n) is 5.87. The zero-order valence-electron chi connectivity index (χ0n) is 10.7. The third kappa shape index (κ3) is 5.91. The maximum absolute atomic E-state index is 10.5. The van der Waals surface area contributed by atoms with Crippen LogP contribution in [0.2, 0.25) is 0 Å². The molecule has 0 amide bonds. The molecule has 1 rings (SSSR count). The van der Waals surface area contributed by atoms with Gasteiger partial charge >= 0.3 is 5.97 Å². The number of rotatable bonds is 4. The van der Waals surface area contributed by atoms with E-state index in [4.69, 9.17) is 5.11 Å². The fourth-order valence-electron chi connectivity index (χ4n) is 1.45. The quantitative estimate of drug-likeness (QED) is 0.858. The van der Waals surface area contributed by atoms with Crippen LogP contribution in [-0.2, 0) is 11.2 Å². The van der Waals surface area contributed by atoms with Gasteiger partial charge in [0.1, 0.15) is 0 Å². The van der Waals surface area contributed by atoms with Crippen molar-refractivity contribution >= 4 is 12.0 Å². The fraction of sp³-hybridized carbons (Fsp3) is 0.400. The van der Waals surface area contributed by atoms with Crippen LogP contribution in [0.3, 0.4) is 0 Å². The zero-order valence-corrected chi connectivity index (χ0v) is 10.7. The first-order valence-corrected chi connectivity index (χ1v) is 5.87. The van der Waals surface area contributed by atoms with E-state index in [1.807, 2.05) is 24.3 Å². The third-order valence-electron chi connectivity index (χ3n) is 2.35. The van der Waals surface area contributed by atoms with E-state index in [2.05, 4.69) is 32.9 Å². The highest BCUT2D eigenvalue weighted by Gasteiger charge is 2.04. The number of benzene rings is 1. The van der Waals surface area contributed by atoms with Crippen molar-refractivity contribution in [1.82, 2.24) is 0 Å². The van der Waals surface area contributed by atoms with E-state index in [1.54, 1.807) is 0 Å². The Hall–Kier alpha value is -1.57. The molecule has 0 aromatic heterocycles. The highest BCUT2D eigenvalue weighted by molar-refractivity contribution is 5.67. The van der Waals surface area contributed by atoms with Crippen LogP contribution in [0.15, 0.2) is 30.3 Å². The lowest BCUT2D eigenvalue weighted by Crippen LogP contribution is -1.98. The van der Waals surface area contributed by atoms with Crippen LogP contribution in [0.5, 0.6) is 0 Å². The Morgan fingerprint density at radius 1 is 1.35 bits per heavy atom. The minimum Gasteiger partial charge on any atom is -0.481 e. The van der Waals surface area contributed by atoms with Gasteiger partial charge in [0.25, 0.3) is 0 Å². The number of carbonyl (C=O) groups is 1. The van der Waals surface area contributed by atoms with Gasteiger partial charge in [0.05, 0.1) is 0 Å². The minimum atomic E-state index is -0.749. The van der Waals surface area contributed by atoms with Crippen molar-refractivity contribution in [3.8, 4) is 0 Å². The molecule has 1 N–H and O–H groups in total. The summed E-state index contributed by atoms with van der Waals surface area (Å²) in [5.41, 5.74) is 2.36. The van der Waals surface area contributed by atoms with Gasteiger partial charge in [-0.05, 0) is 23.0 Å². The SMILES string of the molecule is CC(C)(C)/C=C/c1cccc(CCC(=O)O)c1. The van der Waals surface area contributed by atoms with Crippen LogP contribution in [0.1, 0.15) is 38.3 Å². The first-order chi connectivity index (χ1) is 7.87. The molecule has 1 aromatic rings. The van der Waals surface area contributed by atoms with Gasteiger partial charge in [-0.15, -0.1) is 0 Å². The first kappa shape index (κ1) is 13.5. The summed E-state index contributed by atoms with van der Waals surface area (Å²) in [6.07, 6.45) is 5.02. The summed E-state index contributed by atoms with van der Waals surface area (Å²) in [6.45, 7) is 6.45. The average Bonchev–Trinajstić information content (AvgIpc) is 2.23. The van der Waals surface area contributed by atoms with Gasteiger partial charge < -0.3 is 5.11 Å². The van der Waals surface area contributed by atoms with Crippen molar-refractivity contribution in [2.75, 3.05) is 0 Å². The standard InChI is InChI=1S/C15H20O2/c1-15(2,3)10-9-13-6-4-5-12(11-13)7-8-14(16)17/h4-6,9-11H,7-8H2,1-3H3,(H,16,17)/b10-9+. The second kappa shape index (κ2) is 5.67. The molecule has 1 aromatic carbocycles. The van der Waals surface area contributed by atoms with E-state index in [0.29, 0.717) is 6.42 Å². The lowest BCUT2D eigenvalue weighted by molar-refractivity contribution is -0.136. The molecule has 0 aliphatic carbocycles. The van der Waals surface area contributed by atoms with Gasteiger partial charge in [0, 0.05) is 6.42 Å². The van der Waals surface area contributed by atoms with E-state index >= 15 is 0 Å². The molecule has 0 bridgehead atoms. The smallest absolute Gasteiger partial charge is 0.303 e. The average molecular weight is 232 g/mol. The molecule has 2 heteroatoms. The molecule has 17 heavy (non-hydrogen) atoms. The second-order valence-electron chi connectivity index (χ2n) is 5.34. The molecule has 0 fully saturated rings. The van der Waals surface area contributed by atoms with Crippen LogP contribution >= 0.6 is 0 Å². The Morgan fingerprint density at radius 3 is 2.65 bits per heavy atom. The van der Waals surface area contributed by atoms with Crippen molar-refractivity contribution in [3.05, 3.63) is 41.5 Å². The molecule has 0 saturated carbocycles. The molecule has 2 nitrogen and oxygen atoms in total. The largest absolute Gasteiger partial charge is 0.481 e. The Morgan fingerprint density at radius 2 is 2.06 bits per heavy atom. The topological polar surface area (TPSA) is 37.3 Å². The highest BCUT2D eigenvalue weighted by Crippen LogP contribution is 2.17. The molecule has 92 valence electrons. The van der Waals surface area contributed by atoms with Crippen molar-refractivity contribution in [1.29, 1.82) is 0 Å². The fourth-order valence-corrected chi connectivity index (χ4v) is 1.45. The zero-order chi connectivity index (χ0) is 12.9.